The molecule has 0 aromatic carbocycles. The molecule has 0 fully saturated rings. The maximum Gasteiger partial charge on any atom is 0.329 e. The zero-order valence-corrected chi connectivity index (χ0v) is 10.6. The third-order valence-corrected chi connectivity index (χ3v) is 3.17. The topological polar surface area (TPSA) is 71.3 Å². The van der Waals surface area contributed by atoms with E-state index < -0.39 is 11.5 Å². The van der Waals surface area contributed by atoms with Crippen molar-refractivity contribution in [3.63, 3.8) is 0 Å². The number of carbonyl (C=O) groups is 2. The number of amides is 1. The van der Waals surface area contributed by atoms with Gasteiger partial charge in [0.05, 0.1) is 0 Å². The maximum atomic E-state index is 12.0. The van der Waals surface area contributed by atoms with Crippen LogP contribution in [0.4, 0.5) is 0 Å². The first kappa shape index (κ1) is 13.3. The summed E-state index contributed by atoms with van der Waals surface area (Å²) in [4.78, 5) is 23.1. The fourth-order valence-corrected chi connectivity index (χ4v) is 1.45. The van der Waals surface area contributed by atoms with Crippen LogP contribution in [0.5, 0.6) is 0 Å². The number of aryl methyl sites for hydroxylation is 1. The Labute approximate surface area is 100 Å². The van der Waals surface area contributed by atoms with E-state index in [1.54, 1.807) is 24.6 Å². The van der Waals surface area contributed by atoms with Gasteiger partial charge in [0.15, 0.2) is 0 Å². The van der Waals surface area contributed by atoms with E-state index in [4.69, 9.17) is 5.11 Å². The van der Waals surface area contributed by atoms with Crippen LogP contribution in [0.2, 0.25) is 0 Å². The molecule has 1 aromatic rings. The standard InChI is InChI=1S/C12H18N2O3/c1-5-12(3,11(16)17)13-10(15)9-7-6-8(2)14(9)4/h6-7H,5H2,1-4H3,(H,13,15)(H,16,17). The number of carbonyl (C=O) groups excluding carboxylic acids is 1. The van der Waals surface area contributed by atoms with Crippen molar-refractivity contribution < 1.29 is 14.7 Å². The van der Waals surface area contributed by atoms with Crippen molar-refractivity contribution in [1.82, 2.24) is 9.88 Å². The van der Waals surface area contributed by atoms with Crippen LogP contribution in [0.3, 0.4) is 0 Å². The summed E-state index contributed by atoms with van der Waals surface area (Å²) >= 11 is 0. The zero-order valence-electron chi connectivity index (χ0n) is 10.6. The quantitative estimate of drug-likeness (QED) is 0.831. The second kappa shape index (κ2) is 4.61. The number of carboxylic acid groups (broad SMARTS) is 1. The lowest BCUT2D eigenvalue weighted by Gasteiger charge is -2.24. The van der Waals surface area contributed by atoms with Gasteiger partial charge in [-0.1, -0.05) is 6.92 Å². The van der Waals surface area contributed by atoms with Crippen LogP contribution >= 0.6 is 0 Å². The summed E-state index contributed by atoms with van der Waals surface area (Å²) in [5.41, 5.74) is 0.182. The highest BCUT2D eigenvalue weighted by Gasteiger charge is 2.33. The van der Waals surface area contributed by atoms with Crippen molar-refractivity contribution in [2.24, 2.45) is 7.05 Å². The average Bonchev–Trinajstić information content (AvgIpc) is 2.59. The molecule has 0 aliphatic rings. The number of hydrogen-bond acceptors (Lipinski definition) is 2. The van der Waals surface area contributed by atoms with Crippen molar-refractivity contribution in [1.29, 1.82) is 0 Å². The van der Waals surface area contributed by atoms with Crippen LogP contribution in [0.15, 0.2) is 12.1 Å². The minimum Gasteiger partial charge on any atom is -0.480 e. The van der Waals surface area contributed by atoms with Gasteiger partial charge in [-0.2, -0.15) is 0 Å². The molecule has 2 N–H and O–H groups in total. The van der Waals surface area contributed by atoms with Crippen molar-refractivity contribution in [2.75, 3.05) is 0 Å². The van der Waals surface area contributed by atoms with E-state index in [-0.39, 0.29) is 5.91 Å². The number of carboxylic acids is 1. The Balaban J connectivity index is 2.93. The molecule has 17 heavy (non-hydrogen) atoms. The van der Waals surface area contributed by atoms with Gasteiger partial charge in [-0.3, -0.25) is 4.79 Å². The van der Waals surface area contributed by atoms with Gasteiger partial charge >= 0.3 is 5.97 Å². The van der Waals surface area contributed by atoms with Gasteiger partial charge in [0.25, 0.3) is 5.91 Å². The second-order valence-corrected chi connectivity index (χ2v) is 4.36. The molecular weight excluding hydrogens is 220 g/mol. The summed E-state index contributed by atoms with van der Waals surface area (Å²) in [6, 6.07) is 3.50. The van der Waals surface area contributed by atoms with E-state index in [1.807, 2.05) is 13.0 Å². The highest BCUT2D eigenvalue weighted by Crippen LogP contribution is 2.12. The molecule has 0 saturated carbocycles. The van der Waals surface area contributed by atoms with Gasteiger partial charge in [0.1, 0.15) is 11.2 Å². The second-order valence-electron chi connectivity index (χ2n) is 4.36. The van der Waals surface area contributed by atoms with Gasteiger partial charge < -0.3 is 15.0 Å². The summed E-state index contributed by atoms with van der Waals surface area (Å²) in [7, 11) is 1.77. The molecule has 1 atom stereocenters. The average molecular weight is 238 g/mol. The Morgan fingerprint density at radius 1 is 1.47 bits per heavy atom. The van der Waals surface area contributed by atoms with Gasteiger partial charge in [-0.25, -0.2) is 4.79 Å². The largest absolute Gasteiger partial charge is 0.480 e. The summed E-state index contributed by atoms with van der Waals surface area (Å²) in [6.07, 6.45) is 0.331. The van der Waals surface area contributed by atoms with Gasteiger partial charge in [-0.05, 0) is 32.4 Å². The monoisotopic (exact) mass is 238 g/mol. The van der Waals surface area contributed by atoms with Crippen molar-refractivity contribution in [3.05, 3.63) is 23.5 Å². The van der Waals surface area contributed by atoms with E-state index in [9.17, 15) is 9.59 Å². The van der Waals surface area contributed by atoms with Crippen LogP contribution in [-0.2, 0) is 11.8 Å². The summed E-state index contributed by atoms with van der Waals surface area (Å²) < 4.78 is 1.73. The number of nitrogens with zero attached hydrogens (tertiary/aromatic N) is 1. The first-order valence-corrected chi connectivity index (χ1v) is 5.50. The normalized spacial score (nSPS) is 14.1. The first-order valence-electron chi connectivity index (χ1n) is 5.50. The van der Waals surface area contributed by atoms with E-state index in [1.165, 1.54) is 6.92 Å². The molecule has 0 saturated heterocycles. The smallest absolute Gasteiger partial charge is 0.329 e. The molecule has 0 aliphatic heterocycles. The van der Waals surface area contributed by atoms with Crippen molar-refractivity contribution in [3.8, 4) is 0 Å². The Kier molecular flexibility index (Phi) is 3.60. The highest BCUT2D eigenvalue weighted by atomic mass is 16.4. The molecule has 0 bridgehead atoms. The molecule has 1 amide bonds. The SMILES string of the molecule is CCC(C)(NC(=O)c1ccc(C)n1C)C(=O)O. The molecule has 5 heteroatoms. The molecule has 94 valence electrons. The van der Waals surface area contributed by atoms with Crippen LogP contribution < -0.4 is 5.32 Å². The molecule has 0 aliphatic carbocycles. The lowest BCUT2D eigenvalue weighted by Crippen LogP contribution is -2.52. The van der Waals surface area contributed by atoms with Crippen LogP contribution in [0, 0.1) is 6.92 Å². The van der Waals surface area contributed by atoms with E-state index in [0.717, 1.165) is 5.69 Å². The number of aromatic nitrogens is 1. The molecule has 1 aromatic heterocycles. The third kappa shape index (κ3) is 2.49. The number of nitrogens with one attached hydrogen (secondary N) is 1. The number of rotatable bonds is 4. The zero-order chi connectivity index (χ0) is 13.2. The minimum absolute atomic E-state index is 0.331. The Hall–Kier alpha value is -1.78. The van der Waals surface area contributed by atoms with Crippen molar-refractivity contribution in [2.45, 2.75) is 32.7 Å². The Morgan fingerprint density at radius 3 is 2.41 bits per heavy atom. The van der Waals surface area contributed by atoms with Crippen LogP contribution in [-0.4, -0.2) is 27.1 Å². The molecule has 5 nitrogen and oxygen atoms in total. The van der Waals surface area contributed by atoms with Gasteiger partial charge in [0, 0.05) is 12.7 Å². The van der Waals surface area contributed by atoms with Crippen LogP contribution in [0.25, 0.3) is 0 Å². The Bertz CT molecular complexity index is 451. The molecule has 0 radical (unpaired) electrons. The summed E-state index contributed by atoms with van der Waals surface area (Å²) in [5.74, 6) is -1.40. The fraction of sp³-hybridized carbons (Fsp3) is 0.500. The number of aliphatic carboxylic acids is 1. The Morgan fingerprint density at radius 2 is 2.06 bits per heavy atom. The van der Waals surface area contributed by atoms with E-state index in [2.05, 4.69) is 5.32 Å². The minimum atomic E-state index is -1.23. The summed E-state index contributed by atoms with van der Waals surface area (Å²) in [6.45, 7) is 5.11. The lowest BCUT2D eigenvalue weighted by atomic mass is 9.99. The van der Waals surface area contributed by atoms with Gasteiger partial charge in [-0.15, -0.1) is 0 Å². The molecule has 1 heterocycles. The van der Waals surface area contributed by atoms with Crippen molar-refractivity contribution >= 4 is 11.9 Å². The highest BCUT2D eigenvalue weighted by molar-refractivity contribution is 5.96. The predicted octanol–water partition coefficient (Wildman–Crippen LogP) is 1.32. The van der Waals surface area contributed by atoms with Gasteiger partial charge in [0.2, 0.25) is 0 Å². The molecular formula is C12H18N2O3. The lowest BCUT2D eigenvalue weighted by molar-refractivity contribution is -0.143. The van der Waals surface area contributed by atoms with E-state index in [0.29, 0.717) is 12.1 Å². The molecule has 0 spiro atoms. The fourth-order valence-electron chi connectivity index (χ4n) is 1.45. The predicted molar refractivity (Wildman–Crippen MR) is 63.9 cm³/mol. The maximum absolute atomic E-state index is 12.0. The molecule has 1 rings (SSSR count). The summed E-state index contributed by atoms with van der Waals surface area (Å²) in [5, 5.41) is 11.6. The third-order valence-electron chi connectivity index (χ3n) is 3.17. The van der Waals surface area contributed by atoms with E-state index >= 15 is 0 Å². The number of hydrogen-bond donors (Lipinski definition) is 2. The first-order chi connectivity index (χ1) is 7.81. The van der Waals surface area contributed by atoms with Crippen LogP contribution in [0.1, 0.15) is 36.5 Å². The molecule has 1 unspecified atom stereocenters.